The van der Waals surface area contributed by atoms with E-state index < -0.39 is 0 Å². The summed E-state index contributed by atoms with van der Waals surface area (Å²) in [6.07, 6.45) is 14.8. The number of esters is 1. The monoisotopic (exact) mass is 366 g/mol. The summed E-state index contributed by atoms with van der Waals surface area (Å²) < 4.78 is 4.92. The second kappa shape index (κ2) is 14.0. The number of allylic oxidation sites excluding steroid dienone is 1. The molecule has 3 atom stereocenters. The van der Waals surface area contributed by atoms with Crippen LogP contribution in [-0.4, -0.2) is 29.6 Å². The molecule has 1 rings (SSSR count). The van der Waals surface area contributed by atoms with Crippen LogP contribution in [0.5, 0.6) is 0 Å². The number of rotatable bonds is 14. The predicted octanol–water partition coefficient (Wildman–Crippen LogP) is 4.98. The molecule has 0 spiro atoms. The van der Waals surface area contributed by atoms with E-state index in [1.807, 2.05) is 13.0 Å². The molecule has 0 amide bonds. The summed E-state index contributed by atoms with van der Waals surface area (Å²) in [5.41, 5.74) is 0. The zero-order valence-electron chi connectivity index (χ0n) is 16.8. The Labute approximate surface area is 159 Å². The SMILES string of the molecule is CCCCCC(O)C=C[C@H]1CCC(=O)[C@H]1CCCCCCC(=O)OCC. The zero-order chi connectivity index (χ0) is 19.2. The van der Waals surface area contributed by atoms with Gasteiger partial charge < -0.3 is 9.84 Å². The maximum absolute atomic E-state index is 12.2. The van der Waals surface area contributed by atoms with Crippen molar-refractivity contribution in [2.75, 3.05) is 6.61 Å². The van der Waals surface area contributed by atoms with E-state index >= 15 is 0 Å². The molecule has 0 aromatic rings. The van der Waals surface area contributed by atoms with E-state index in [0.29, 0.717) is 31.1 Å². The smallest absolute Gasteiger partial charge is 0.305 e. The Balaban J connectivity index is 2.24. The van der Waals surface area contributed by atoms with Gasteiger partial charge in [-0.2, -0.15) is 0 Å². The molecule has 0 heterocycles. The van der Waals surface area contributed by atoms with Gasteiger partial charge in [-0.3, -0.25) is 9.59 Å². The third-order valence-electron chi connectivity index (χ3n) is 5.29. The second-order valence-corrected chi connectivity index (χ2v) is 7.48. The van der Waals surface area contributed by atoms with E-state index in [9.17, 15) is 14.7 Å². The average molecular weight is 367 g/mol. The fourth-order valence-electron chi connectivity index (χ4n) is 3.73. The van der Waals surface area contributed by atoms with Crippen molar-refractivity contribution >= 4 is 11.8 Å². The first kappa shape index (κ1) is 22.9. The number of carbonyl (C=O) groups excluding carboxylic acids is 2. The molecule has 150 valence electrons. The molecule has 1 unspecified atom stereocenters. The topological polar surface area (TPSA) is 63.6 Å². The first-order valence-corrected chi connectivity index (χ1v) is 10.6. The number of ether oxygens (including phenoxy) is 1. The number of aliphatic hydroxyl groups is 1. The quantitative estimate of drug-likeness (QED) is 0.267. The van der Waals surface area contributed by atoms with Gasteiger partial charge in [0.05, 0.1) is 12.7 Å². The van der Waals surface area contributed by atoms with Gasteiger partial charge in [0.15, 0.2) is 0 Å². The molecular weight excluding hydrogens is 328 g/mol. The molecule has 1 aliphatic rings. The highest BCUT2D eigenvalue weighted by atomic mass is 16.5. The number of carbonyl (C=O) groups is 2. The van der Waals surface area contributed by atoms with Crippen molar-refractivity contribution in [1.29, 1.82) is 0 Å². The van der Waals surface area contributed by atoms with E-state index in [1.54, 1.807) is 0 Å². The minimum atomic E-state index is -0.374. The van der Waals surface area contributed by atoms with E-state index in [0.717, 1.165) is 64.2 Å². The van der Waals surface area contributed by atoms with Crippen LogP contribution >= 0.6 is 0 Å². The van der Waals surface area contributed by atoms with Crippen LogP contribution in [0.15, 0.2) is 12.2 Å². The van der Waals surface area contributed by atoms with E-state index in [2.05, 4.69) is 13.0 Å². The lowest BCUT2D eigenvalue weighted by atomic mass is 9.89. The van der Waals surface area contributed by atoms with Crippen LogP contribution in [-0.2, 0) is 14.3 Å². The highest BCUT2D eigenvalue weighted by Crippen LogP contribution is 2.34. The van der Waals surface area contributed by atoms with Gasteiger partial charge in [0.1, 0.15) is 5.78 Å². The maximum atomic E-state index is 12.2. The molecule has 1 aliphatic carbocycles. The molecular formula is C22H38O4. The molecule has 0 aliphatic heterocycles. The molecule has 0 aromatic carbocycles. The number of hydrogen-bond donors (Lipinski definition) is 1. The molecule has 1 fully saturated rings. The Morgan fingerprint density at radius 3 is 2.69 bits per heavy atom. The van der Waals surface area contributed by atoms with Gasteiger partial charge in [-0.05, 0) is 38.5 Å². The van der Waals surface area contributed by atoms with Crippen molar-refractivity contribution in [2.24, 2.45) is 11.8 Å². The van der Waals surface area contributed by atoms with Gasteiger partial charge in [0.2, 0.25) is 0 Å². The predicted molar refractivity (Wildman–Crippen MR) is 105 cm³/mol. The Morgan fingerprint density at radius 2 is 1.96 bits per heavy atom. The molecule has 0 saturated heterocycles. The van der Waals surface area contributed by atoms with Crippen LogP contribution in [0.2, 0.25) is 0 Å². The Bertz CT molecular complexity index is 430. The van der Waals surface area contributed by atoms with Gasteiger partial charge in [-0.25, -0.2) is 0 Å². The van der Waals surface area contributed by atoms with Crippen molar-refractivity contribution in [3.8, 4) is 0 Å². The summed E-state index contributed by atoms with van der Waals surface area (Å²) in [4.78, 5) is 23.4. The first-order chi connectivity index (χ1) is 12.6. The summed E-state index contributed by atoms with van der Waals surface area (Å²) >= 11 is 0. The number of hydrogen-bond acceptors (Lipinski definition) is 4. The highest BCUT2D eigenvalue weighted by molar-refractivity contribution is 5.83. The minimum absolute atomic E-state index is 0.110. The second-order valence-electron chi connectivity index (χ2n) is 7.48. The van der Waals surface area contributed by atoms with Crippen LogP contribution < -0.4 is 0 Å². The standard InChI is InChI=1S/C22H38O4/c1-3-5-8-11-19(23)16-14-18-15-17-21(24)20(18)12-9-6-7-10-13-22(25)26-4-2/h14,16,18-20,23H,3-13,15,17H2,1-2H3/t18-,19?,20-/m0/s1. The molecule has 4 heteroatoms. The van der Waals surface area contributed by atoms with Crippen molar-refractivity contribution in [3.63, 3.8) is 0 Å². The van der Waals surface area contributed by atoms with Crippen LogP contribution in [0.1, 0.15) is 90.9 Å². The zero-order valence-corrected chi connectivity index (χ0v) is 16.8. The Hall–Kier alpha value is -1.16. The van der Waals surface area contributed by atoms with Crippen LogP contribution in [0.3, 0.4) is 0 Å². The first-order valence-electron chi connectivity index (χ1n) is 10.6. The van der Waals surface area contributed by atoms with Gasteiger partial charge in [0, 0.05) is 18.8 Å². The summed E-state index contributed by atoms with van der Waals surface area (Å²) in [6.45, 7) is 4.43. The molecule has 26 heavy (non-hydrogen) atoms. The average Bonchev–Trinajstić information content (AvgIpc) is 2.96. The molecule has 4 nitrogen and oxygen atoms in total. The largest absolute Gasteiger partial charge is 0.466 e. The summed E-state index contributed by atoms with van der Waals surface area (Å²) in [5.74, 6) is 0.690. The van der Waals surface area contributed by atoms with Gasteiger partial charge in [-0.15, -0.1) is 0 Å². The minimum Gasteiger partial charge on any atom is -0.466 e. The van der Waals surface area contributed by atoms with E-state index in [4.69, 9.17) is 4.74 Å². The number of Topliss-reactive ketones (excluding diaryl/α,β-unsaturated/α-hetero) is 1. The molecule has 1 N–H and O–H groups in total. The fraction of sp³-hybridized carbons (Fsp3) is 0.818. The van der Waals surface area contributed by atoms with Crippen LogP contribution in [0.25, 0.3) is 0 Å². The highest BCUT2D eigenvalue weighted by Gasteiger charge is 2.32. The summed E-state index contributed by atoms with van der Waals surface area (Å²) in [5, 5.41) is 10.0. The van der Waals surface area contributed by atoms with E-state index in [1.165, 1.54) is 0 Å². The third kappa shape index (κ3) is 9.51. The van der Waals surface area contributed by atoms with Gasteiger partial charge >= 0.3 is 5.97 Å². The normalized spacial score (nSPS) is 21.4. The fourth-order valence-corrected chi connectivity index (χ4v) is 3.73. The van der Waals surface area contributed by atoms with Gasteiger partial charge in [-0.1, -0.05) is 57.6 Å². The molecule has 1 saturated carbocycles. The summed E-state index contributed by atoms with van der Waals surface area (Å²) in [6, 6.07) is 0. The van der Waals surface area contributed by atoms with Crippen molar-refractivity contribution in [2.45, 2.75) is 97.0 Å². The van der Waals surface area contributed by atoms with Gasteiger partial charge in [0.25, 0.3) is 0 Å². The number of unbranched alkanes of at least 4 members (excludes halogenated alkanes) is 5. The Morgan fingerprint density at radius 1 is 1.19 bits per heavy atom. The lowest BCUT2D eigenvalue weighted by Crippen LogP contribution is -2.14. The maximum Gasteiger partial charge on any atom is 0.305 e. The van der Waals surface area contributed by atoms with Crippen molar-refractivity contribution < 1.29 is 19.4 Å². The molecule has 0 aromatic heterocycles. The van der Waals surface area contributed by atoms with Crippen molar-refractivity contribution in [1.82, 2.24) is 0 Å². The van der Waals surface area contributed by atoms with E-state index in [-0.39, 0.29) is 18.0 Å². The van der Waals surface area contributed by atoms with Crippen LogP contribution in [0.4, 0.5) is 0 Å². The Kier molecular flexibility index (Phi) is 12.3. The third-order valence-corrected chi connectivity index (χ3v) is 5.29. The molecule has 0 bridgehead atoms. The number of aliphatic hydroxyl groups excluding tert-OH is 1. The number of ketones is 1. The van der Waals surface area contributed by atoms with Crippen LogP contribution in [0, 0.1) is 11.8 Å². The van der Waals surface area contributed by atoms with Crippen molar-refractivity contribution in [3.05, 3.63) is 12.2 Å². The lowest BCUT2D eigenvalue weighted by Gasteiger charge is -2.15. The molecule has 0 radical (unpaired) electrons. The lowest BCUT2D eigenvalue weighted by molar-refractivity contribution is -0.143. The summed E-state index contributed by atoms with van der Waals surface area (Å²) in [7, 11) is 0.